The highest BCUT2D eigenvalue weighted by molar-refractivity contribution is 5.91. The van der Waals surface area contributed by atoms with Crippen LogP contribution in [-0.4, -0.2) is 37.3 Å². The second-order valence-electron chi connectivity index (χ2n) is 7.29. The maximum atomic E-state index is 13.1. The summed E-state index contributed by atoms with van der Waals surface area (Å²) < 4.78 is 8.58. The molecule has 0 aliphatic carbocycles. The Morgan fingerprint density at radius 2 is 1.93 bits per heavy atom. The van der Waals surface area contributed by atoms with Crippen LogP contribution in [0.2, 0.25) is 0 Å². The van der Waals surface area contributed by atoms with Crippen molar-refractivity contribution in [1.82, 2.24) is 19.1 Å². The van der Waals surface area contributed by atoms with E-state index in [0.717, 1.165) is 16.9 Å². The first-order valence-corrected chi connectivity index (χ1v) is 9.06. The number of ether oxygens (including phenoxy) is 1. The largest absolute Gasteiger partial charge is 0.496 e. The van der Waals surface area contributed by atoms with E-state index in [0.29, 0.717) is 23.4 Å². The van der Waals surface area contributed by atoms with Gasteiger partial charge in [-0.15, -0.1) is 0 Å². The van der Waals surface area contributed by atoms with Gasteiger partial charge in [0.15, 0.2) is 5.65 Å². The summed E-state index contributed by atoms with van der Waals surface area (Å²) in [6.45, 7) is 8.52. The lowest BCUT2D eigenvalue weighted by Crippen LogP contribution is -2.26. The second kappa shape index (κ2) is 7.46. The first kappa shape index (κ1) is 19.6. The van der Waals surface area contributed by atoms with Crippen LogP contribution in [0, 0.1) is 19.8 Å². The van der Waals surface area contributed by atoms with Gasteiger partial charge in [0.25, 0.3) is 0 Å². The van der Waals surface area contributed by atoms with Crippen molar-refractivity contribution in [3.05, 3.63) is 51.3 Å². The average molecular weight is 384 g/mol. The molecule has 0 aliphatic heterocycles. The van der Waals surface area contributed by atoms with Gasteiger partial charge in [-0.3, -0.25) is 14.1 Å². The summed E-state index contributed by atoms with van der Waals surface area (Å²) in [7, 11) is 1.60. The second-order valence-corrected chi connectivity index (χ2v) is 7.29. The highest BCUT2D eigenvalue weighted by Crippen LogP contribution is 2.25. The minimum atomic E-state index is -1.09. The van der Waals surface area contributed by atoms with Crippen LogP contribution in [-0.2, 0) is 13.1 Å². The number of aromatic nitrogens is 4. The molecule has 8 nitrogen and oxygen atoms in total. The SMILES string of the molecule is COc1c(C)cnc(Cn2c(=O)n(CC(C)C)c3ncc(C(=O)O)cc32)c1C. The third-order valence-electron chi connectivity index (χ3n) is 4.71. The van der Waals surface area contributed by atoms with Crippen LogP contribution in [0.5, 0.6) is 5.75 Å². The molecule has 3 rings (SSSR count). The molecule has 3 aromatic heterocycles. The van der Waals surface area contributed by atoms with Crippen LogP contribution >= 0.6 is 0 Å². The molecule has 0 saturated heterocycles. The molecule has 1 N–H and O–H groups in total. The van der Waals surface area contributed by atoms with Crippen molar-refractivity contribution < 1.29 is 14.6 Å². The topological polar surface area (TPSA) is 99.2 Å². The summed E-state index contributed by atoms with van der Waals surface area (Å²) >= 11 is 0. The number of carboxylic acids is 1. The van der Waals surface area contributed by atoms with Crippen molar-refractivity contribution in [3.63, 3.8) is 0 Å². The van der Waals surface area contributed by atoms with Gasteiger partial charge in [0.2, 0.25) is 0 Å². The Hall–Kier alpha value is -3.16. The Morgan fingerprint density at radius 3 is 2.54 bits per heavy atom. The Kier molecular flexibility index (Phi) is 5.22. The summed E-state index contributed by atoms with van der Waals surface area (Å²) in [5.41, 5.74) is 3.20. The first-order valence-electron chi connectivity index (χ1n) is 9.06. The van der Waals surface area contributed by atoms with E-state index in [2.05, 4.69) is 9.97 Å². The maximum Gasteiger partial charge on any atom is 0.337 e. The molecule has 0 atom stereocenters. The van der Waals surface area contributed by atoms with Crippen molar-refractivity contribution in [2.24, 2.45) is 5.92 Å². The Labute approximate surface area is 162 Å². The number of aromatic carboxylic acids is 1. The highest BCUT2D eigenvalue weighted by atomic mass is 16.5. The molecule has 0 bridgehead atoms. The van der Waals surface area contributed by atoms with Crippen molar-refractivity contribution in [3.8, 4) is 5.75 Å². The molecular weight excluding hydrogens is 360 g/mol. The minimum Gasteiger partial charge on any atom is -0.496 e. The van der Waals surface area contributed by atoms with Gasteiger partial charge < -0.3 is 9.84 Å². The zero-order valence-corrected chi connectivity index (χ0v) is 16.7. The number of imidazole rings is 1. The lowest BCUT2D eigenvalue weighted by Gasteiger charge is -2.12. The van der Waals surface area contributed by atoms with Crippen LogP contribution in [0.3, 0.4) is 0 Å². The smallest absolute Gasteiger partial charge is 0.337 e. The third-order valence-corrected chi connectivity index (χ3v) is 4.71. The standard InChI is InChI=1S/C20H24N4O4/c1-11(2)9-24-18-16(6-14(8-22-18)19(25)26)23(20(24)27)10-15-13(4)17(28-5)12(3)7-21-15/h6-8,11H,9-10H2,1-5H3,(H,25,26). The normalized spacial score (nSPS) is 11.4. The average Bonchev–Trinajstić information content (AvgIpc) is 2.89. The van der Waals surface area contributed by atoms with Gasteiger partial charge in [0, 0.05) is 30.1 Å². The van der Waals surface area contributed by atoms with Crippen molar-refractivity contribution in [2.45, 2.75) is 40.8 Å². The lowest BCUT2D eigenvalue weighted by molar-refractivity contribution is 0.0696. The van der Waals surface area contributed by atoms with Crippen molar-refractivity contribution in [1.29, 1.82) is 0 Å². The Bertz CT molecular complexity index is 1110. The monoisotopic (exact) mass is 384 g/mol. The first-order chi connectivity index (χ1) is 13.2. The highest BCUT2D eigenvalue weighted by Gasteiger charge is 2.19. The molecule has 148 valence electrons. The van der Waals surface area contributed by atoms with Gasteiger partial charge in [0.1, 0.15) is 5.75 Å². The number of pyridine rings is 2. The summed E-state index contributed by atoms with van der Waals surface area (Å²) in [5, 5.41) is 9.33. The van der Waals surface area contributed by atoms with Crippen LogP contribution < -0.4 is 10.4 Å². The molecule has 0 aliphatic rings. The molecule has 0 spiro atoms. The van der Waals surface area contributed by atoms with E-state index < -0.39 is 5.97 Å². The molecule has 0 saturated carbocycles. The zero-order valence-electron chi connectivity index (χ0n) is 16.7. The predicted octanol–water partition coefficient (Wildman–Crippen LogP) is 2.62. The number of carboxylic acid groups (broad SMARTS) is 1. The molecule has 0 unspecified atom stereocenters. The van der Waals surface area contributed by atoms with Crippen molar-refractivity contribution >= 4 is 17.1 Å². The number of methoxy groups -OCH3 is 1. The van der Waals surface area contributed by atoms with E-state index in [1.165, 1.54) is 16.8 Å². The van der Waals surface area contributed by atoms with Crippen LogP contribution in [0.4, 0.5) is 0 Å². The number of rotatable bonds is 6. The molecule has 8 heteroatoms. The van der Waals surface area contributed by atoms with Gasteiger partial charge in [-0.1, -0.05) is 13.8 Å². The minimum absolute atomic E-state index is 0.0362. The third kappa shape index (κ3) is 3.37. The number of aryl methyl sites for hydroxylation is 1. The van der Waals surface area contributed by atoms with Crippen molar-refractivity contribution in [2.75, 3.05) is 7.11 Å². The van der Waals surface area contributed by atoms with Crippen LogP contribution in [0.1, 0.15) is 41.0 Å². The molecule has 3 aromatic rings. The fourth-order valence-electron chi connectivity index (χ4n) is 3.37. The predicted molar refractivity (Wildman–Crippen MR) is 105 cm³/mol. The van der Waals surface area contributed by atoms with Gasteiger partial charge >= 0.3 is 11.7 Å². The van der Waals surface area contributed by atoms with E-state index in [1.54, 1.807) is 17.9 Å². The van der Waals surface area contributed by atoms with E-state index in [9.17, 15) is 14.7 Å². The molecule has 0 radical (unpaired) electrons. The van der Waals surface area contributed by atoms with E-state index in [1.807, 2.05) is 27.7 Å². The quantitative estimate of drug-likeness (QED) is 0.701. The maximum absolute atomic E-state index is 13.1. The molecule has 3 heterocycles. The number of hydrogen-bond acceptors (Lipinski definition) is 5. The van der Waals surface area contributed by atoms with E-state index in [4.69, 9.17) is 4.74 Å². The number of carbonyl (C=O) groups is 1. The molecule has 0 amide bonds. The summed E-state index contributed by atoms with van der Waals surface area (Å²) in [5.74, 6) is -0.123. The lowest BCUT2D eigenvalue weighted by atomic mass is 10.1. The molecular formula is C20H24N4O4. The number of nitrogens with zero attached hydrogens (tertiary/aromatic N) is 4. The Balaban J connectivity index is 2.22. The Morgan fingerprint density at radius 1 is 1.21 bits per heavy atom. The fraction of sp³-hybridized carbons (Fsp3) is 0.400. The molecule has 0 aromatic carbocycles. The zero-order chi connectivity index (χ0) is 20.6. The number of fused-ring (bicyclic) bond motifs is 1. The summed E-state index contributed by atoms with van der Waals surface area (Å²) in [6.07, 6.45) is 2.99. The van der Waals surface area contributed by atoms with Crippen LogP contribution in [0.25, 0.3) is 11.2 Å². The van der Waals surface area contributed by atoms with Gasteiger partial charge in [0.05, 0.1) is 30.4 Å². The van der Waals surface area contributed by atoms with Gasteiger partial charge in [-0.2, -0.15) is 0 Å². The van der Waals surface area contributed by atoms with Gasteiger partial charge in [-0.05, 0) is 25.8 Å². The fourth-order valence-corrected chi connectivity index (χ4v) is 3.37. The summed E-state index contributed by atoms with van der Waals surface area (Å²) in [6, 6.07) is 1.49. The molecule has 0 fully saturated rings. The van der Waals surface area contributed by atoms with Gasteiger partial charge in [-0.25, -0.2) is 14.6 Å². The van der Waals surface area contributed by atoms with E-state index >= 15 is 0 Å². The number of hydrogen-bond donors (Lipinski definition) is 1. The van der Waals surface area contributed by atoms with Crippen LogP contribution in [0.15, 0.2) is 23.3 Å². The van der Waals surface area contributed by atoms with E-state index in [-0.39, 0.29) is 23.7 Å². The summed E-state index contributed by atoms with van der Waals surface area (Å²) in [4.78, 5) is 33.3. The molecule has 28 heavy (non-hydrogen) atoms.